The molecule has 1 aromatic carbocycles. The zero-order valence-corrected chi connectivity index (χ0v) is 12.5. The molecule has 0 radical (unpaired) electrons. The first-order valence-electron chi connectivity index (χ1n) is 6.88. The summed E-state index contributed by atoms with van der Waals surface area (Å²) < 4.78 is 0. The third kappa shape index (κ3) is 2.64. The molecule has 2 aromatic rings. The van der Waals surface area contributed by atoms with E-state index in [0.29, 0.717) is 5.92 Å². The Morgan fingerprint density at radius 2 is 1.89 bits per heavy atom. The number of fused-ring (bicyclic) bond motifs is 1. The van der Waals surface area contributed by atoms with Crippen LogP contribution in [0.3, 0.4) is 0 Å². The van der Waals surface area contributed by atoms with E-state index in [9.17, 15) is 5.11 Å². The Bertz CT molecular complexity index is 594. The molecule has 0 atom stereocenters. The van der Waals surface area contributed by atoms with Crippen LogP contribution in [0.1, 0.15) is 57.4 Å². The number of hydrogen-bond donors (Lipinski definition) is 1. The van der Waals surface area contributed by atoms with Crippen LogP contribution < -0.4 is 0 Å². The Morgan fingerprint density at radius 1 is 1.21 bits per heavy atom. The standard InChI is InChI=1S/C17H23NO/c1-11(2)13-7-6-8-14-12(10-19)9-15(17(3,4)5)18-16(13)14/h6-9,11,19H,10H2,1-5H3. The molecule has 0 amide bonds. The highest BCUT2D eigenvalue weighted by Crippen LogP contribution is 2.30. The highest BCUT2D eigenvalue weighted by Gasteiger charge is 2.19. The molecule has 1 N–H and O–H groups in total. The number of hydrogen-bond acceptors (Lipinski definition) is 2. The van der Waals surface area contributed by atoms with Crippen molar-refractivity contribution in [3.63, 3.8) is 0 Å². The maximum Gasteiger partial charge on any atom is 0.0743 e. The van der Waals surface area contributed by atoms with E-state index in [4.69, 9.17) is 4.98 Å². The first kappa shape index (κ1) is 14.0. The number of pyridine rings is 1. The summed E-state index contributed by atoms with van der Waals surface area (Å²) in [6.07, 6.45) is 0. The molecule has 1 aromatic heterocycles. The predicted molar refractivity (Wildman–Crippen MR) is 80.5 cm³/mol. The SMILES string of the molecule is CC(C)c1cccc2c(CO)cc(C(C)(C)C)nc12. The van der Waals surface area contributed by atoms with Crippen molar-refractivity contribution in [1.29, 1.82) is 0 Å². The van der Waals surface area contributed by atoms with Crippen LogP contribution in [0.2, 0.25) is 0 Å². The van der Waals surface area contributed by atoms with Gasteiger partial charge in [-0.3, -0.25) is 4.98 Å². The molecule has 0 saturated heterocycles. The van der Waals surface area contributed by atoms with Gasteiger partial charge in [0.15, 0.2) is 0 Å². The quantitative estimate of drug-likeness (QED) is 0.876. The first-order valence-corrected chi connectivity index (χ1v) is 6.88. The number of rotatable bonds is 2. The fourth-order valence-corrected chi connectivity index (χ4v) is 2.32. The molecule has 19 heavy (non-hydrogen) atoms. The van der Waals surface area contributed by atoms with Gasteiger partial charge in [-0.2, -0.15) is 0 Å². The summed E-state index contributed by atoms with van der Waals surface area (Å²) in [5.41, 5.74) is 4.28. The second kappa shape index (κ2) is 4.93. The maximum atomic E-state index is 9.63. The van der Waals surface area contributed by atoms with Crippen molar-refractivity contribution < 1.29 is 5.11 Å². The maximum absolute atomic E-state index is 9.63. The average molecular weight is 257 g/mol. The van der Waals surface area contributed by atoms with Crippen LogP contribution in [-0.4, -0.2) is 10.1 Å². The summed E-state index contributed by atoms with van der Waals surface area (Å²) in [6.45, 7) is 10.9. The molecule has 0 saturated carbocycles. The lowest BCUT2D eigenvalue weighted by Crippen LogP contribution is -2.14. The molecule has 0 aliphatic carbocycles. The summed E-state index contributed by atoms with van der Waals surface area (Å²) in [4.78, 5) is 4.87. The molecule has 0 bridgehead atoms. The van der Waals surface area contributed by atoms with Gasteiger partial charge in [0, 0.05) is 16.5 Å². The average Bonchev–Trinajstić information content (AvgIpc) is 2.35. The van der Waals surface area contributed by atoms with Crippen LogP contribution >= 0.6 is 0 Å². The summed E-state index contributed by atoms with van der Waals surface area (Å²) in [6, 6.07) is 8.27. The first-order chi connectivity index (χ1) is 8.84. The molecule has 1 heterocycles. The minimum absolute atomic E-state index is 0.0117. The minimum Gasteiger partial charge on any atom is -0.392 e. The van der Waals surface area contributed by atoms with Crippen molar-refractivity contribution in [1.82, 2.24) is 4.98 Å². The van der Waals surface area contributed by atoms with Crippen molar-refractivity contribution in [2.24, 2.45) is 0 Å². The molecule has 0 aliphatic heterocycles. The lowest BCUT2D eigenvalue weighted by atomic mass is 9.89. The van der Waals surface area contributed by atoms with Crippen LogP contribution in [0.15, 0.2) is 24.3 Å². The fraction of sp³-hybridized carbons (Fsp3) is 0.471. The zero-order chi connectivity index (χ0) is 14.2. The topological polar surface area (TPSA) is 33.1 Å². The molecular weight excluding hydrogens is 234 g/mol. The van der Waals surface area contributed by atoms with E-state index in [1.807, 2.05) is 12.1 Å². The number of benzene rings is 1. The van der Waals surface area contributed by atoms with Crippen LogP contribution in [0.5, 0.6) is 0 Å². The van der Waals surface area contributed by atoms with Crippen molar-refractivity contribution in [2.45, 2.75) is 52.6 Å². The number of para-hydroxylation sites is 1. The number of nitrogens with zero attached hydrogens (tertiary/aromatic N) is 1. The second-order valence-electron chi connectivity index (χ2n) is 6.47. The van der Waals surface area contributed by atoms with Crippen molar-refractivity contribution >= 4 is 10.9 Å². The summed E-state index contributed by atoms with van der Waals surface area (Å²) in [5.74, 6) is 0.429. The van der Waals surface area contributed by atoms with Crippen LogP contribution in [0, 0.1) is 0 Å². The summed E-state index contributed by atoms with van der Waals surface area (Å²) in [5, 5.41) is 10.7. The largest absolute Gasteiger partial charge is 0.392 e. The molecule has 0 fully saturated rings. The molecule has 2 nitrogen and oxygen atoms in total. The van der Waals surface area contributed by atoms with Gasteiger partial charge < -0.3 is 5.11 Å². The molecule has 2 rings (SSSR count). The Kier molecular flexibility index (Phi) is 3.64. The normalized spacial score (nSPS) is 12.4. The highest BCUT2D eigenvalue weighted by molar-refractivity contribution is 5.85. The van der Waals surface area contributed by atoms with Crippen LogP contribution in [-0.2, 0) is 12.0 Å². The highest BCUT2D eigenvalue weighted by atomic mass is 16.3. The van der Waals surface area contributed by atoms with E-state index >= 15 is 0 Å². The molecule has 2 heteroatoms. The van der Waals surface area contributed by atoms with E-state index in [2.05, 4.69) is 46.8 Å². The minimum atomic E-state index is -0.0117. The lowest BCUT2D eigenvalue weighted by molar-refractivity contribution is 0.283. The van der Waals surface area contributed by atoms with E-state index < -0.39 is 0 Å². The van der Waals surface area contributed by atoms with Crippen LogP contribution in [0.4, 0.5) is 0 Å². The van der Waals surface area contributed by atoms with Gasteiger partial charge in [-0.1, -0.05) is 52.8 Å². The predicted octanol–water partition coefficient (Wildman–Crippen LogP) is 4.15. The van der Waals surface area contributed by atoms with E-state index in [0.717, 1.165) is 22.2 Å². The summed E-state index contributed by atoms with van der Waals surface area (Å²) in [7, 11) is 0. The van der Waals surface area contributed by atoms with E-state index in [1.165, 1.54) is 5.56 Å². The van der Waals surface area contributed by atoms with Gasteiger partial charge in [-0.15, -0.1) is 0 Å². The van der Waals surface area contributed by atoms with Gasteiger partial charge in [0.05, 0.1) is 12.1 Å². The van der Waals surface area contributed by atoms with Crippen molar-refractivity contribution in [3.8, 4) is 0 Å². The third-order valence-corrected chi connectivity index (χ3v) is 3.52. The van der Waals surface area contributed by atoms with E-state index in [1.54, 1.807) is 0 Å². The number of aliphatic hydroxyl groups is 1. The Morgan fingerprint density at radius 3 is 2.42 bits per heavy atom. The van der Waals surface area contributed by atoms with Gasteiger partial charge in [-0.05, 0) is 23.1 Å². The molecular formula is C17H23NO. The monoisotopic (exact) mass is 257 g/mol. The van der Waals surface area contributed by atoms with E-state index in [-0.39, 0.29) is 12.0 Å². The summed E-state index contributed by atoms with van der Waals surface area (Å²) >= 11 is 0. The third-order valence-electron chi connectivity index (χ3n) is 3.52. The van der Waals surface area contributed by atoms with Gasteiger partial charge in [-0.25, -0.2) is 0 Å². The molecule has 0 unspecified atom stereocenters. The number of aromatic nitrogens is 1. The Balaban J connectivity index is 2.82. The van der Waals surface area contributed by atoms with Gasteiger partial charge >= 0.3 is 0 Å². The fourth-order valence-electron chi connectivity index (χ4n) is 2.32. The van der Waals surface area contributed by atoms with Gasteiger partial charge in [0.25, 0.3) is 0 Å². The smallest absolute Gasteiger partial charge is 0.0743 e. The zero-order valence-electron chi connectivity index (χ0n) is 12.5. The van der Waals surface area contributed by atoms with Gasteiger partial charge in [0.1, 0.15) is 0 Å². The molecule has 0 aliphatic rings. The van der Waals surface area contributed by atoms with Crippen molar-refractivity contribution in [2.75, 3.05) is 0 Å². The van der Waals surface area contributed by atoms with Crippen molar-refractivity contribution in [3.05, 3.63) is 41.1 Å². The van der Waals surface area contributed by atoms with Crippen LogP contribution in [0.25, 0.3) is 10.9 Å². The lowest BCUT2D eigenvalue weighted by Gasteiger charge is -2.21. The van der Waals surface area contributed by atoms with Gasteiger partial charge in [0.2, 0.25) is 0 Å². The Labute approximate surface area is 115 Å². The molecule has 0 spiro atoms. The number of aliphatic hydroxyl groups excluding tert-OH is 1. The Hall–Kier alpha value is -1.41. The second-order valence-corrected chi connectivity index (χ2v) is 6.47. The molecule has 102 valence electrons.